The van der Waals surface area contributed by atoms with Crippen molar-refractivity contribution in [3.05, 3.63) is 23.8 Å². The lowest BCUT2D eigenvalue weighted by molar-refractivity contribution is 0.0699. The Labute approximate surface area is 122 Å². The maximum Gasteiger partial charge on any atom is 0.337 e. The summed E-state index contributed by atoms with van der Waals surface area (Å²) in [6.07, 6.45) is 2.22. The molecule has 1 heterocycles. The van der Waals surface area contributed by atoms with Crippen LogP contribution < -0.4 is 5.73 Å². The van der Waals surface area contributed by atoms with Gasteiger partial charge in [0.1, 0.15) is 5.52 Å². The van der Waals surface area contributed by atoms with Gasteiger partial charge in [0.15, 0.2) is 0 Å². The van der Waals surface area contributed by atoms with E-state index in [-0.39, 0.29) is 28.3 Å². The molecule has 0 amide bonds. The van der Waals surface area contributed by atoms with Gasteiger partial charge in [-0.05, 0) is 18.6 Å². The van der Waals surface area contributed by atoms with Gasteiger partial charge in [0, 0.05) is 0 Å². The maximum atomic E-state index is 12.4. The molecule has 0 aliphatic rings. The highest BCUT2D eigenvalue weighted by atomic mass is 32.2. The fourth-order valence-corrected chi connectivity index (χ4v) is 3.71. The number of hydrogen-bond acceptors (Lipinski definition) is 5. The number of nitrogens with two attached hydrogens (primary N) is 1. The minimum Gasteiger partial charge on any atom is -0.478 e. The minimum absolute atomic E-state index is 0.0478. The number of para-hydroxylation sites is 1. The molecule has 114 valence electrons. The summed E-state index contributed by atoms with van der Waals surface area (Å²) in [4.78, 5) is 15.1. The first-order chi connectivity index (χ1) is 9.88. The number of nitrogens with zero attached hydrogens (tertiary/aromatic N) is 2. The molecule has 8 heteroatoms. The van der Waals surface area contributed by atoms with Gasteiger partial charge in [0.25, 0.3) is 0 Å². The van der Waals surface area contributed by atoms with E-state index in [1.165, 1.54) is 18.2 Å². The average molecular weight is 311 g/mol. The molecule has 1 aromatic heterocycles. The van der Waals surface area contributed by atoms with Crippen molar-refractivity contribution in [2.24, 2.45) is 0 Å². The SMILES string of the molecule is CCCCCS(=O)(=O)n1c(N)nc2c(C(=O)O)cccc21. The molecule has 0 spiro atoms. The van der Waals surface area contributed by atoms with Crippen molar-refractivity contribution in [1.29, 1.82) is 0 Å². The standard InChI is InChI=1S/C13H17N3O4S/c1-2-3-4-8-21(19,20)16-10-7-5-6-9(12(17)18)11(10)15-13(16)14/h5-7H,2-4,8H2,1H3,(H2,14,15)(H,17,18). The van der Waals surface area contributed by atoms with Crippen LogP contribution in [0, 0.1) is 0 Å². The lowest BCUT2D eigenvalue weighted by Gasteiger charge is -2.08. The lowest BCUT2D eigenvalue weighted by atomic mass is 10.2. The quantitative estimate of drug-likeness (QED) is 0.784. The zero-order valence-electron chi connectivity index (χ0n) is 11.6. The van der Waals surface area contributed by atoms with Crippen molar-refractivity contribution in [3.8, 4) is 0 Å². The summed E-state index contributed by atoms with van der Waals surface area (Å²) < 4.78 is 25.7. The van der Waals surface area contributed by atoms with Crippen LogP contribution in [0.25, 0.3) is 11.0 Å². The number of aromatic carboxylic acids is 1. The van der Waals surface area contributed by atoms with E-state index in [2.05, 4.69) is 4.98 Å². The first-order valence-corrected chi connectivity index (χ1v) is 8.23. The second-order valence-electron chi connectivity index (χ2n) is 4.74. The second-order valence-corrected chi connectivity index (χ2v) is 6.67. The molecule has 0 atom stereocenters. The molecule has 0 saturated heterocycles. The summed E-state index contributed by atoms with van der Waals surface area (Å²) in [5.41, 5.74) is 5.91. The highest BCUT2D eigenvalue weighted by Gasteiger charge is 2.23. The van der Waals surface area contributed by atoms with Crippen molar-refractivity contribution in [1.82, 2.24) is 8.96 Å². The Balaban J connectivity index is 2.57. The van der Waals surface area contributed by atoms with Crippen LogP contribution in [0.4, 0.5) is 5.95 Å². The molecular formula is C13H17N3O4S. The van der Waals surface area contributed by atoms with Crippen molar-refractivity contribution < 1.29 is 18.3 Å². The van der Waals surface area contributed by atoms with Crippen LogP contribution in [-0.4, -0.2) is 34.2 Å². The molecule has 3 N–H and O–H groups in total. The monoisotopic (exact) mass is 311 g/mol. The number of carboxylic acids is 1. The van der Waals surface area contributed by atoms with E-state index in [9.17, 15) is 13.2 Å². The second kappa shape index (κ2) is 5.72. The zero-order valence-corrected chi connectivity index (χ0v) is 12.4. The first-order valence-electron chi connectivity index (χ1n) is 6.62. The molecule has 21 heavy (non-hydrogen) atoms. The van der Waals surface area contributed by atoms with Crippen molar-refractivity contribution in [3.63, 3.8) is 0 Å². The Morgan fingerprint density at radius 2 is 2.10 bits per heavy atom. The van der Waals surface area contributed by atoms with E-state index in [0.29, 0.717) is 6.42 Å². The zero-order chi connectivity index (χ0) is 15.6. The van der Waals surface area contributed by atoms with Gasteiger partial charge in [-0.1, -0.05) is 25.8 Å². The summed E-state index contributed by atoms with van der Waals surface area (Å²) in [5, 5.41) is 9.12. The Morgan fingerprint density at radius 1 is 1.38 bits per heavy atom. The van der Waals surface area contributed by atoms with Crippen LogP contribution in [0.5, 0.6) is 0 Å². The molecule has 0 aliphatic heterocycles. The third kappa shape index (κ3) is 2.85. The highest BCUT2D eigenvalue weighted by Crippen LogP contribution is 2.24. The smallest absolute Gasteiger partial charge is 0.337 e. The van der Waals surface area contributed by atoms with Crippen molar-refractivity contribution in [2.45, 2.75) is 26.2 Å². The summed E-state index contributed by atoms with van der Waals surface area (Å²) >= 11 is 0. The van der Waals surface area contributed by atoms with Crippen LogP contribution in [0.1, 0.15) is 36.5 Å². The van der Waals surface area contributed by atoms with E-state index in [0.717, 1.165) is 16.8 Å². The molecule has 2 rings (SSSR count). The number of rotatable bonds is 6. The summed E-state index contributed by atoms with van der Waals surface area (Å²) in [5.74, 6) is -1.43. The third-order valence-corrected chi connectivity index (χ3v) is 4.93. The number of fused-ring (bicyclic) bond motifs is 1. The number of carbonyl (C=O) groups is 1. The Morgan fingerprint density at radius 3 is 2.71 bits per heavy atom. The number of nitrogen functional groups attached to an aromatic ring is 1. The number of benzene rings is 1. The Bertz CT molecular complexity index is 780. The van der Waals surface area contributed by atoms with Gasteiger partial charge in [-0.3, -0.25) is 0 Å². The molecule has 0 unspecified atom stereocenters. The van der Waals surface area contributed by atoms with E-state index in [1.807, 2.05) is 6.92 Å². The molecule has 0 radical (unpaired) electrons. The van der Waals surface area contributed by atoms with E-state index in [4.69, 9.17) is 10.8 Å². The topological polar surface area (TPSA) is 115 Å². The summed E-state index contributed by atoms with van der Waals surface area (Å²) in [7, 11) is -3.65. The molecule has 2 aromatic rings. The van der Waals surface area contributed by atoms with Gasteiger partial charge >= 0.3 is 5.97 Å². The van der Waals surface area contributed by atoms with Crippen molar-refractivity contribution in [2.75, 3.05) is 11.5 Å². The predicted octanol–water partition coefficient (Wildman–Crippen LogP) is 1.68. The number of unbranched alkanes of at least 4 members (excludes halogenated alkanes) is 2. The molecule has 0 bridgehead atoms. The molecule has 0 fully saturated rings. The van der Waals surface area contributed by atoms with Crippen LogP contribution in [0.15, 0.2) is 18.2 Å². The predicted molar refractivity (Wildman–Crippen MR) is 79.8 cm³/mol. The summed E-state index contributed by atoms with van der Waals surface area (Å²) in [6.45, 7) is 1.98. The molecular weight excluding hydrogens is 294 g/mol. The van der Waals surface area contributed by atoms with Gasteiger partial charge in [-0.2, -0.15) is 0 Å². The summed E-state index contributed by atoms with van der Waals surface area (Å²) in [6, 6.07) is 4.35. The van der Waals surface area contributed by atoms with Crippen LogP contribution in [0.2, 0.25) is 0 Å². The highest BCUT2D eigenvalue weighted by molar-refractivity contribution is 7.90. The third-order valence-electron chi connectivity index (χ3n) is 3.18. The van der Waals surface area contributed by atoms with Crippen LogP contribution >= 0.6 is 0 Å². The maximum absolute atomic E-state index is 12.4. The molecule has 1 aromatic carbocycles. The molecule has 7 nitrogen and oxygen atoms in total. The number of anilines is 1. The van der Waals surface area contributed by atoms with Crippen LogP contribution in [0.3, 0.4) is 0 Å². The minimum atomic E-state index is -3.65. The lowest BCUT2D eigenvalue weighted by Crippen LogP contribution is -2.18. The first kappa shape index (κ1) is 15.3. The largest absolute Gasteiger partial charge is 0.478 e. The van der Waals surface area contributed by atoms with Crippen LogP contribution in [-0.2, 0) is 10.0 Å². The van der Waals surface area contributed by atoms with E-state index in [1.54, 1.807) is 0 Å². The van der Waals surface area contributed by atoms with Gasteiger partial charge in [-0.15, -0.1) is 0 Å². The average Bonchev–Trinajstić information content (AvgIpc) is 2.74. The number of carboxylic acid groups (broad SMARTS) is 1. The van der Waals surface area contributed by atoms with Gasteiger partial charge in [-0.25, -0.2) is 22.2 Å². The number of hydrogen-bond donors (Lipinski definition) is 2. The number of imidazole rings is 1. The Kier molecular flexibility index (Phi) is 4.17. The van der Waals surface area contributed by atoms with E-state index >= 15 is 0 Å². The molecule has 0 saturated carbocycles. The van der Waals surface area contributed by atoms with Gasteiger partial charge in [0.2, 0.25) is 16.0 Å². The van der Waals surface area contributed by atoms with E-state index < -0.39 is 16.0 Å². The van der Waals surface area contributed by atoms with Crippen molar-refractivity contribution >= 4 is 33.0 Å². The normalized spacial score (nSPS) is 11.9. The number of aromatic nitrogens is 2. The fourth-order valence-electron chi connectivity index (χ4n) is 2.19. The molecule has 0 aliphatic carbocycles. The Hall–Kier alpha value is -2.09. The van der Waals surface area contributed by atoms with Gasteiger partial charge < -0.3 is 10.8 Å². The fraction of sp³-hybridized carbons (Fsp3) is 0.385. The van der Waals surface area contributed by atoms with Gasteiger partial charge in [0.05, 0.1) is 16.8 Å².